The number of halogens is 1. The summed E-state index contributed by atoms with van der Waals surface area (Å²) in [5.41, 5.74) is 0.715. The number of carbonyl (C=O) groups is 2. The van der Waals surface area contributed by atoms with Crippen LogP contribution in [-0.4, -0.2) is 46.0 Å². The van der Waals surface area contributed by atoms with Gasteiger partial charge in [0.1, 0.15) is 17.0 Å². The molecule has 0 N–H and O–H groups in total. The molecule has 1 aliphatic heterocycles. The van der Waals surface area contributed by atoms with Crippen LogP contribution in [0.1, 0.15) is 35.7 Å². The van der Waals surface area contributed by atoms with Crippen molar-refractivity contribution >= 4 is 22.9 Å². The number of likely N-dealkylation sites (tertiary alicyclic amines) is 1. The van der Waals surface area contributed by atoms with Crippen LogP contribution in [0, 0.1) is 11.7 Å². The summed E-state index contributed by atoms with van der Waals surface area (Å²) < 4.78 is 19.9. The number of hydrogen-bond acceptors (Lipinski definition) is 5. The number of esters is 1. The molecule has 1 saturated heterocycles. The number of nitrogens with zero attached hydrogens (tertiary/aromatic N) is 3. The van der Waals surface area contributed by atoms with Gasteiger partial charge in [-0.2, -0.15) is 0 Å². The molecule has 3 heterocycles. The molecule has 1 aromatic carbocycles. The molecule has 166 valence electrons. The highest BCUT2D eigenvalue weighted by molar-refractivity contribution is 5.97. The van der Waals surface area contributed by atoms with Crippen molar-refractivity contribution in [1.29, 1.82) is 0 Å². The summed E-state index contributed by atoms with van der Waals surface area (Å²) in [6.45, 7) is 2.88. The molecule has 1 unspecified atom stereocenters. The predicted octanol–water partition coefficient (Wildman–Crippen LogP) is 3.00. The fourth-order valence-electron chi connectivity index (χ4n) is 4.06. The molecule has 8 heteroatoms. The van der Waals surface area contributed by atoms with E-state index in [9.17, 15) is 18.8 Å². The zero-order valence-electron chi connectivity index (χ0n) is 17.8. The third kappa shape index (κ3) is 4.39. The Morgan fingerprint density at radius 3 is 2.75 bits per heavy atom. The molecule has 0 spiro atoms. The van der Waals surface area contributed by atoms with Gasteiger partial charge in [-0.15, -0.1) is 0 Å². The second kappa shape index (κ2) is 9.30. The smallest absolute Gasteiger partial charge is 0.310 e. The van der Waals surface area contributed by atoms with Crippen molar-refractivity contribution in [3.05, 3.63) is 76.0 Å². The first-order chi connectivity index (χ1) is 15.5. The summed E-state index contributed by atoms with van der Waals surface area (Å²) in [6.07, 6.45) is 2.90. The first-order valence-electron chi connectivity index (χ1n) is 10.7. The summed E-state index contributed by atoms with van der Waals surface area (Å²) in [4.78, 5) is 44.7. The third-order valence-electron chi connectivity index (χ3n) is 5.66. The van der Waals surface area contributed by atoms with E-state index in [0.717, 1.165) is 0 Å². The molecule has 0 saturated carbocycles. The molecule has 1 atom stereocenters. The van der Waals surface area contributed by atoms with Crippen LogP contribution in [0.4, 0.5) is 4.39 Å². The van der Waals surface area contributed by atoms with E-state index < -0.39 is 17.4 Å². The van der Waals surface area contributed by atoms with Gasteiger partial charge in [0.2, 0.25) is 0 Å². The molecule has 1 fully saturated rings. The number of fused-ring (bicyclic) bond motifs is 1. The summed E-state index contributed by atoms with van der Waals surface area (Å²) >= 11 is 0. The Hall–Kier alpha value is -3.55. The van der Waals surface area contributed by atoms with Gasteiger partial charge in [0, 0.05) is 24.7 Å². The molecule has 32 heavy (non-hydrogen) atoms. The van der Waals surface area contributed by atoms with Crippen molar-refractivity contribution in [3.63, 3.8) is 0 Å². The molecular formula is C24H24FN3O4. The number of piperidine rings is 1. The monoisotopic (exact) mass is 437 g/mol. The maximum atomic E-state index is 13.4. The Bertz CT molecular complexity index is 1210. The Morgan fingerprint density at radius 2 is 2.00 bits per heavy atom. The van der Waals surface area contributed by atoms with Crippen molar-refractivity contribution in [2.45, 2.75) is 26.3 Å². The maximum Gasteiger partial charge on any atom is 0.310 e. The lowest BCUT2D eigenvalue weighted by Crippen LogP contribution is -2.44. The van der Waals surface area contributed by atoms with Crippen molar-refractivity contribution in [2.75, 3.05) is 19.7 Å². The molecule has 7 nitrogen and oxygen atoms in total. The molecule has 3 aromatic rings. The highest BCUT2D eigenvalue weighted by Crippen LogP contribution is 2.21. The topological polar surface area (TPSA) is 81.5 Å². The van der Waals surface area contributed by atoms with Crippen LogP contribution in [0.3, 0.4) is 0 Å². The molecule has 4 rings (SSSR count). The number of carbonyl (C=O) groups excluding carboxylic acids is 2. The second-order valence-corrected chi connectivity index (χ2v) is 7.83. The SMILES string of the molecule is CCOC(=O)C1CCCN(C(=O)c2cc3cccnc3n(Cc3ccc(F)cc3)c2=O)C1. The second-order valence-electron chi connectivity index (χ2n) is 7.83. The predicted molar refractivity (Wildman–Crippen MR) is 117 cm³/mol. The molecular weight excluding hydrogens is 413 g/mol. The fourth-order valence-corrected chi connectivity index (χ4v) is 4.06. The lowest BCUT2D eigenvalue weighted by atomic mass is 9.97. The van der Waals surface area contributed by atoms with Gasteiger partial charge in [0.15, 0.2) is 0 Å². The molecule has 0 bridgehead atoms. The maximum absolute atomic E-state index is 13.4. The number of rotatable bonds is 5. The number of amides is 1. The van der Waals surface area contributed by atoms with Crippen LogP contribution in [0.15, 0.2) is 53.5 Å². The standard InChI is InChI=1S/C24H24FN3O4/c1-2-32-24(31)18-6-4-12-27(15-18)22(29)20-13-17-5-3-11-26-21(17)28(23(20)30)14-16-7-9-19(25)10-8-16/h3,5,7-11,13,18H,2,4,6,12,14-15H2,1H3. The number of aromatic nitrogens is 2. The van der Waals surface area contributed by atoms with E-state index in [0.29, 0.717) is 36.0 Å². The normalized spacial score (nSPS) is 16.2. The Labute approximate surface area is 184 Å². The van der Waals surface area contributed by atoms with Gasteiger partial charge in [0.05, 0.1) is 19.1 Å². The Kier molecular flexibility index (Phi) is 6.30. The first kappa shape index (κ1) is 21.7. The van der Waals surface area contributed by atoms with E-state index >= 15 is 0 Å². The van der Waals surface area contributed by atoms with E-state index in [1.165, 1.54) is 16.7 Å². The Morgan fingerprint density at radius 1 is 1.22 bits per heavy atom. The van der Waals surface area contributed by atoms with Gasteiger partial charge < -0.3 is 9.64 Å². The van der Waals surface area contributed by atoms with E-state index in [1.54, 1.807) is 48.4 Å². The van der Waals surface area contributed by atoms with E-state index in [-0.39, 0.29) is 37.0 Å². The largest absolute Gasteiger partial charge is 0.466 e. The molecule has 1 amide bonds. The first-order valence-corrected chi connectivity index (χ1v) is 10.7. The summed E-state index contributed by atoms with van der Waals surface area (Å²) in [7, 11) is 0. The van der Waals surface area contributed by atoms with Crippen LogP contribution < -0.4 is 5.56 Å². The zero-order chi connectivity index (χ0) is 22.7. The van der Waals surface area contributed by atoms with Crippen LogP contribution >= 0.6 is 0 Å². The van der Waals surface area contributed by atoms with Gasteiger partial charge in [-0.3, -0.25) is 19.0 Å². The number of hydrogen-bond donors (Lipinski definition) is 0. The van der Waals surface area contributed by atoms with Crippen molar-refractivity contribution in [1.82, 2.24) is 14.5 Å². The average molecular weight is 437 g/mol. The Balaban J connectivity index is 1.70. The van der Waals surface area contributed by atoms with Gasteiger partial charge in [-0.1, -0.05) is 12.1 Å². The van der Waals surface area contributed by atoms with E-state index in [2.05, 4.69) is 4.98 Å². The number of pyridine rings is 2. The molecule has 0 radical (unpaired) electrons. The van der Waals surface area contributed by atoms with E-state index in [4.69, 9.17) is 4.74 Å². The van der Waals surface area contributed by atoms with E-state index in [1.807, 2.05) is 0 Å². The minimum atomic E-state index is -0.469. The van der Waals surface area contributed by atoms with Crippen LogP contribution in [-0.2, 0) is 16.1 Å². The van der Waals surface area contributed by atoms with Crippen LogP contribution in [0.2, 0.25) is 0 Å². The lowest BCUT2D eigenvalue weighted by molar-refractivity contribution is -0.149. The molecule has 0 aliphatic carbocycles. The van der Waals surface area contributed by atoms with Crippen molar-refractivity contribution in [3.8, 4) is 0 Å². The minimum absolute atomic E-state index is 0.0251. The average Bonchev–Trinajstić information content (AvgIpc) is 2.82. The summed E-state index contributed by atoms with van der Waals surface area (Å²) in [6, 6.07) is 10.9. The number of ether oxygens (including phenoxy) is 1. The quantitative estimate of drug-likeness (QED) is 0.573. The van der Waals surface area contributed by atoms with Gasteiger partial charge >= 0.3 is 5.97 Å². The minimum Gasteiger partial charge on any atom is -0.466 e. The van der Waals surface area contributed by atoms with Crippen molar-refractivity contribution < 1.29 is 18.7 Å². The summed E-state index contributed by atoms with van der Waals surface area (Å²) in [5, 5.41) is 0.650. The lowest BCUT2D eigenvalue weighted by Gasteiger charge is -2.31. The van der Waals surface area contributed by atoms with Crippen molar-refractivity contribution in [2.24, 2.45) is 5.92 Å². The fraction of sp³-hybridized carbons (Fsp3) is 0.333. The third-order valence-corrected chi connectivity index (χ3v) is 5.66. The summed E-state index contributed by atoms with van der Waals surface area (Å²) in [5.74, 6) is -1.49. The van der Waals surface area contributed by atoms with Gasteiger partial charge in [-0.05, 0) is 55.7 Å². The zero-order valence-corrected chi connectivity index (χ0v) is 17.8. The highest BCUT2D eigenvalue weighted by Gasteiger charge is 2.31. The van der Waals surface area contributed by atoms with Gasteiger partial charge in [-0.25, -0.2) is 9.37 Å². The molecule has 2 aromatic heterocycles. The van der Waals surface area contributed by atoms with Crippen LogP contribution in [0.25, 0.3) is 11.0 Å². The van der Waals surface area contributed by atoms with Gasteiger partial charge in [0.25, 0.3) is 11.5 Å². The van der Waals surface area contributed by atoms with Crippen LogP contribution in [0.5, 0.6) is 0 Å². The molecule has 1 aliphatic rings. The highest BCUT2D eigenvalue weighted by atomic mass is 19.1. The number of benzene rings is 1.